The number of benzene rings is 2. The van der Waals surface area contributed by atoms with Gasteiger partial charge in [-0.3, -0.25) is 9.69 Å². The van der Waals surface area contributed by atoms with Crippen LogP contribution in [0.2, 0.25) is 0 Å². The number of aromatic nitrogens is 3. The quantitative estimate of drug-likeness (QED) is 0.562. The maximum atomic E-state index is 12.2. The van der Waals surface area contributed by atoms with Gasteiger partial charge in [0.2, 0.25) is 5.91 Å². The molecule has 1 saturated heterocycles. The standard InChI is InChI=1S/C23H27N5OS/c24-22(29)21(19-12-6-2-7-13-19)30-23-26-25-20(17-27-14-8-3-9-15-27)28(23)16-18-10-4-1-5-11-18/h1-2,4-7,10-13,21H,3,8-9,14-17H2,(H2,24,29). The second-order valence-corrected chi connectivity index (χ2v) is 8.69. The molecule has 1 aliphatic heterocycles. The Morgan fingerprint density at radius 1 is 0.933 bits per heavy atom. The fraction of sp³-hybridized carbons (Fsp3) is 0.348. The molecule has 0 bridgehead atoms. The number of carbonyl (C=O) groups is 1. The van der Waals surface area contributed by atoms with Gasteiger partial charge in [-0.1, -0.05) is 78.8 Å². The molecule has 0 saturated carbocycles. The number of carbonyl (C=O) groups excluding carboxylic acids is 1. The number of nitrogens with two attached hydrogens (primary N) is 1. The van der Waals surface area contributed by atoms with E-state index in [0.717, 1.165) is 36.2 Å². The third kappa shape index (κ3) is 5.09. The average molecular weight is 422 g/mol. The van der Waals surface area contributed by atoms with Crippen LogP contribution in [-0.2, 0) is 17.9 Å². The van der Waals surface area contributed by atoms with Gasteiger partial charge in [0.25, 0.3) is 0 Å². The number of primary amides is 1. The maximum absolute atomic E-state index is 12.2. The van der Waals surface area contributed by atoms with Crippen LogP contribution in [0.1, 0.15) is 41.5 Å². The Balaban J connectivity index is 1.63. The zero-order valence-electron chi connectivity index (χ0n) is 17.0. The van der Waals surface area contributed by atoms with Crippen LogP contribution in [-0.4, -0.2) is 38.7 Å². The Morgan fingerprint density at radius 2 is 1.60 bits per heavy atom. The predicted molar refractivity (Wildman–Crippen MR) is 119 cm³/mol. The van der Waals surface area contributed by atoms with Gasteiger partial charge < -0.3 is 10.3 Å². The molecular weight excluding hydrogens is 394 g/mol. The van der Waals surface area contributed by atoms with Crippen molar-refractivity contribution in [3.8, 4) is 0 Å². The van der Waals surface area contributed by atoms with E-state index in [-0.39, 0.29) is 5.91 Å². The topological polar surface area (TPSA) is 77.0 Å². The molecule has 4 rings (SSSR count). The van der Waals surface area contributed by atoms with Crippen molar-refractivity contribution in [1.82, 2.24) is 19.7 Å². The van der Waals surface area contributed by atoms with Crippen LogP contribution in [0, 0.1) is 0 Å². The zero-order chi connectivity index (χ0) is 20.8. The van der Waals surface area contributed by atoms with E-state index in [1.54, 1.807) is 0 Å². The monoisotopic (exact) mass is 421 g/mol. The van der Waals surface area contributed by atoms with Crippen molar-refractivity contribution < 1.29 is 4.79 Å². The minimum atomic E-state index is -0.507. The Labute approximate surface area is 181 Å². The van der Waals surface area contributed by atoms with E-state index in [1.807, 2.05) is 48.5 Å². The summed E-state index contributed by atoms with van der Waals surface area (Å²) in [4.78, 5) is 14.7. The van der Waals surface area contributed by atoms with Gasteiger partial charge in [0, 0.05) is 0 Å². The zero-order valence-corrected chi connectivity index (χ0v) is 17.8. The highest BCUT2D eigenvalue weighted by atomic mass is 32.2. The first-order chi connectivity index (χ1) is 14.7. The first-order valence-corrected chi connectivity index (χ1v) is 11.3. The smallest absolute Gasteiger partial charge is 0.235 e. The van der Waals surface area contributed by atoms with Gasteiger partial charge in [-0.05, 0) is 37.1 Å². The molecule has 1 atom stereocenters. The molecule has 3 aromatic rings. The molecule has 1 aromatic heterocycles. The van der Waals surface area contributed by atoms with E-state index < -0.39 is 5.25 Å². The van der Waals surface area contributed by atoms with Crippen molar-refractivity contribution >= 4 is 17.7 Å². The van der Waals surface area contributed by atoms with Gasteiger partial charge in [0.1, 0.15) is 11.1 Å². The van der Waals surface area contributed by atoms with Crippen molar-refractivity contribution in [2.45, 2.75) is 42.8 Å². The van der Waals surface area contributed by atoms with Crippen molar-refractivity contribution in [3.05, 3.63) is 77.6 Å². The number of rotatable bonds is 8. The lowest BCUT2D eigenvalue weighted by Crippen LogP contribution is -2.30. The van der Waals surface area contributed by atoms with E-state index in [0.29, 0.717) is 6.54 Å². The van der Waals surface area contributed by atoms with Gasteiger partial charge in [-0.2, -0.15) is 0 Å². The number of likely N-dealkylation sites (tertiary alicyclic amines) is 1. The summed E-state index contributed by atoms with van der Waals surface area (Å²) in [5.41, 5.74) is 7.80. The molecule has 2 heterocycles. The maximum Gasteiger partial charge on any atom is 0.235 e. The molecule has 6 nitrogen and oxygen atoms in total. The van der Waals surface area contributed by atoms with Crippen LogP contribution in [0.5, 0.6) is 0 Å². The number of hydrogen-bond donors (Lipinski definition) is 1. The van der Waals surface area contributed by atoms with Crippen LogP contribution >= 0.6 is 11.8 Å². The highest BCUT2D eigenvalue weighted by Gasteiger charge is 2.24. The van der Waals surface area contributed by atoms with E-state index >= 15 is 0 Å². The molecule has 1 unspecified atom stereocenters. The normalized spacial score (nSPS) is 15.7. The van der Waals surface area contributed by atoms with Gasteiger partial charge in [-0.15, -0.1) is 10.2 Å². The van der Waals surface area contributed by atoms with E-state index in [9.17, 15) is 4.79 Å². The molecule has 0 spiro atoms. The fourth-order valence-electron chi connectivity index (χ4n) is 3.79. The average Bonchev–Trinajstić information content (AvgIpc) is 3.14. The van der Waals surface area contributed by atoms with E-state index in [4.69, 9.17) is 5.73 Å². The Morgan fingerprint density at radius 3 is 2.27 bits per heavy atom. The van der Waals surface area contributed by atoms with Gasteiger partial charge >= 0.3 is 0 Å². The SMILES string of the molecule is NC(=O)C(Sc1nnc(CN2CCCCC2)n1Cc1ccccc1)c1ccccc1. The lowest BCUT2D eigenvalue weighted by Gasteiger charge is -2.26. The number of hydrogen-bond acceptors (Lipinski definition) is 5. The van der Waals surface area contributed by atoms with Gasteiger partial charge in [0.05, 0.1) is 13.1 Å². The molecule has 30 heavy (non-hydrogen) atoms. The Hall–Kier alpha value is -2.64. The summed E-state index contributed by atoms with van der Waals surface area (Å²) < 4.78 is 2.13. The molecule has 0 radical (unpaired) electrons. The summed E-state index contributed by atoms with van der Waals surface area (Å²) in [6.45, 7) is 3.62. The summed E-state index contributed by atoms with van der Waals surface area (Å²) in [5.74, 6) is 0.553. The third-order valence-electron chi connectivity index (χ3n) is 5.37. The number of thioether (sulfide) groups is 1. The minimum absolute atomic E-state index is 0.377. The Kier molecular flexibility index (Phi) is 6.81. The first kappa shape index (κ1) is 20.6. The molecule has 1 fully saturated rings. The number of nitrogens with zero attached hydrogens (tertiary/aromatic N) is 4. The molecule has 1 amide bonds. The largest absolute Gasteiger partial charge is 0.368 e. The first-order valence-electron chi connectivity index (χ1n) is 10.4. The van der Waals surface area contributed by atoms with Crippen molar-refractivity contribution in [1.29, 1.82) is 0 Å². The summed E-state index contributed by atoms with van der Waals surface area (Å²) in [7, 11) is 0. The predicted octanol–water partition coefficient (Wildman–Crippen LogP) is 3.63. The second kappa shape index (κ2) is 9.91. The summed E-state index contributed by atoms with van der Waals surface area (Å²) >= 11 is 1.37. The van der Waals surface area contributed by atoms with Crippen molar-refractivity contribution in [2.75, 3.05) is 13.1 Å². The lowest BCUT2D eigenvalue weighted by molar-refractivity contribution is -0.117. The van der Waals surface area contributed by atoms with Crippen molar-refractivity contribution in [2.24, 2.45) is 5.73 Å². The highest BCUT2D eigenvalue weighted by Crippen LogP contribution is 2.34. The summed E-state index contributed by atoms with van der Waals surface area (Å²) in [5, 5.41) is 9.19. The van der Waals surface area contributed by atoms with Crippen molar-refractivity contribution in [3.63, 3.8) is 0 Å². The summed E-state index contributed by atoms with van der Waals surface area (Å²) in [6, 6.07) is 19.9. The molecule has 7 heteroatoms. The number of amides is 1. The van der Waals surface area contributed by atoms with Gasteiger partial charge in [0.15, 0.2) is 5.16 Å². The minimum Gasteiger partial charge on any atom is -0.368 e. The molecule has 2 aromatic carbocycles. The summed E-state index contributed by atoms with van der Waals surface area (Å²) in [6.07, 6.45) is 3.75. The molecule has 1 aliphatic rings. The Bertz CT molecular complexity index is 954. The molecule has 2 N–H and O–H groups in total. The van der Waals surface area contributed by atoms with Crippen LogP contribution < -0.4 is 5.73 Å². The van der Waals surface area contributed by atoms with Crippen LogP contribution in [0.15, 0.2) is 65.8 Å². The van der Waals surface area contributed by atoms with Crippen LogP contribution in [0.25, 0.3) is 0 Å². The molecule has 156 valence electrons. The molecule has 0 aliphatic carbocycles. The van der Waals surface area contributed by atoms with Crippen LogP contribution in [0.4, 0.5) is 0 Å². The molecular formula is C23H27N5OS. The van der Waals surface area contributed by atoms with Crippen LogP contribution in [0.3, 0.4) is 0 Å². The number of piperidine rings is 1. The second-order valence-electron chi connectivity index (χ2n) is 7.62. The fourth-order valence-corrected chi connectivity index (χ4v) is 4.79. The highest BCUT2D eigenvalue weighted by molar-refractivity contribution is 8.00. The van der Waals surface area contributed by atoms with E-state index in [1.165, 1.54) is 36.6 Å². The van der Waals surface area contributed by atoms with E-state index in [2.05, 4.69) is 31.8 Å². The van der Waals surface area contributed by atoms with Gasteiger partial charge in [-0.25, -0.2) is 0 Å². The third-order valence-corrected chi connectivity index (χ3v) is 6.63. The lowest BCUT2D eigenvalue weighted by atomic mass is 10.1.